The van der Waals surface area contributed by atoms with Gasteiger partial charge in [0.25, 0.3) is 0 Å². The average molecular weight is 409 g/mol. The van der Waals surface area contributed by atoms with Crippen LogP contribution in [-0.2, 0) is 14.2 Å². The maximum atomic E-state index is 9.85. The molecule has 0 aromatic carbocycles. The third-order valence-electron chi connectivity index (χ3n) is 9.32. The van der Waals surface area contributed by atoms with Gasteiger partial charge in [-0.1, -0.05) is 41.5 Å². The van der Waals surface area contributed by atoms with E-state index in [1.807, 2.05) is 7.11 Å². The Labute approximate surface area is 178 Å². The lowest BCUT2D eigenvalue weighted by atomic mass is 9.57. The SMILES string of the molecule is COC1CC2C(CC1C)OC1(CC(C)(C)C3CC(CO)C(C)CC3O1)CC2(C)C. The topological polar surface area (TPSA) is 47.9 Å². The Morgan fingerprint density at radius 3 is 1.86 bits per heavy atom. The minimum Gasteiger partial charge on any atom is -0.396 e. The van der Waals surface area contributed by atoms with Crippen LogP contribution in [0.2, 0.25) is 0 Å². The second-order valence-electron chi connectivity index (χ2n) is 12.4. The largest absolute Gasteiger partial charge is 0.396 e. The summed E-state index contributed by atoms with van der Waals surface area (Å²) in [5.41, 5.74) is 0.339. The Morgan fingerprint density at radius 1 is 0.828 bits per heavy atom. The average Bonchev–Trinajstić information content (AvgIpc) is 2.59. The molecule has 168 valence electrons. The molecule has 2 heterocycles. The van der Waals surface area contributed by atoms with Crippen molar-refractivity contribution in [1.29, 1.82) is 0 Å². The summed E-state index contributed by atoms with van der Waals surface area (Å²) in [4.78, 5) is 0. The van der Waals surface area contributed by atoms with Crippen molar-refractivity contribution in [2.24, 2.45) is 40.4 Å². The van der Waals surface area contributed by atoms with Gasteiger partial charge in [0.05, 0.1) is 18.3 Å². The van der Waals surface area contributed by atoms with Crippen LogP contribution in [0.25, 0.3) is 0 Å². The van der Waals surface area contributed by atoms with E-state index in [4.69, 9.17) is 14.2 Å². The van der Waals surface area contributed by atoms with Crippen LogP contribution in [-0.4, -0.2) is 42.9 Å². The summed E-state index contributed by atoms with van der Waals surface area (Å²) in [7, 11) is 1.86. The third kappa shape index (κ3) is 3.81. The van der Waals surface area contributed by atoms with Crippen LogP contribution in [0.4, 0.5) is 0 Å². The van der Waals surface area contributed by atoms with Crippen molar-refractivity contribution in [3.8, 4) is 0 Å². The van der Waals surface area contributed by atoms with Gasteiger partial charge in [-0.05, 0) is 66.1 Å². The van der Waals surface area contributed by atoms with E-state index in [2.05, 4.69) is 41.5 Å². The molecule has 0 amide bonds. The molecule has 1 spiro atoms. The van der Waals surface area contributed by atoms with Crippen LogP contribution in [0.3, 0.4) is 0 Å². The van der Waals surface area contributed by atoms with Gasteiger partial charge >= 0.3 is 0 Å². The van der Waals surface area contributed by atoms with Gasteiger partial charge in [0.2, 0.25) is 0 Å². The van der Waals surface area contributed by atoms with Crippen molar-refractivity contribution in [3.63, 3.8) is 0 Å². The molecule has 0 bridgehead atoms. The van der Waals surface area contributed by atoms with Crippen LogP contribution in [0, 0.1) is 40.4 Å². The fraction of sp³-hybridized carbons (Fsp3) is 1.00. The van der Waals surface area contributed by atoms with Crippen molar-refractivity contribution in [2.45, 2.75) is 104 Å². The molecule has 2 aliphatic carbocycles. The molecule has 4 heteroatoms. The van der Waals surface area contributed by atoms with Crippen LogP contribution in [0.15, 0.2) is 0 Å². The lowest BCUT2D eigenvalue weighted by Crippen LogP contribution is -2.64. The number of fused-ring (bicyclic) bond motifs is 2. The van der Waals surface area contributed by atoms with E-state index in [9.17, 15) is 5.11 Å². The zero-order chi connectivity index (χ0) is 21.2. The van der Waals surface area contributed by atoms with Crippen molar-refractivity contribution in [2.75, 3.05) is 13.7 Å². The minimum absolute atomic E-state index is 0.161. The highest BCUT2D eigenvalue weighted by molar-refractivity contribution is 5.05. The Balaban J connectivity index is 1.59. The smallest absolute Gasteiger partial charge is 0.170 e. The van der Waals surface area contributed by atoms with E-state index in [-0.39, 0.29) is 23.0 Å². The highest BCUT2D eigenvalue weighted by Gasteiger charge is 2.61. The number of ether oxygens (including phenoxy) is 3. The lowest BCUT2D eigenvalue weighted by Gasteiger charge is -2.62. The number of aliphatic hydroxyl groups is 1. The van der Waals surface area contributed by atoms with Gasteiger partial charge in [-0.25, -0.2) is 0 Å². The van der Waals surface area contributed by atoms with E-state index >= 15 is 0 Å². The van der Waals surface area contributed by atoms with Gasteiger partial charge in [0.15, 0.2) is 5.79 Å². The number of hydrogen-bond donors (Lipinski definition) is 1. The molecule has 2 saturated heterocycles. The van der Waals surface area contributed by atoms with Gasteiger partial charge in [-0.3, -0.25) is 0 Å². The third-order valence-corrected chi connectivity index (χ3v) is 9.32. The molecule has 4 nitrogen and oxygen atoms in total. The molecule has 2 aliphatic heterocycles. The molecule has 4 aliphatic rings. The van der Waals surface area contributed by atoms with Crippen molar-refractivity contribution >= 4 is 0 Å². The Morgan fingerprint density at radius 2 is 1.34 bits per heavy atom. The first kappa shape index (κ1) is 22.0. The van der Waals surface area contributed by atoms with E-state index in [1.165, 1.54) is 0 Å². The summed E-state index contributed by atoms with van der Waals surface area (Å²) >= 11 is 0. The van der Waals surface area contributed by atoms with Crippen LogP contribution in [0.1, 0.15) is 80.1 Å². The first-order chi connectivity index (χ1) is 13.5. The molecule has 9 unspecified atom stereocenters. The first-order valence-electron chi connectivity index (χ1n) is 12.0. The zero-order valence-electron chi connectivity index (χ0n) is 19.7. The summed E-state index contributed by atoms with van der Waals surface area (Å²) < 4.78 is 19.7. The second kappa shape index (κ2) is 7.46. The fourth-order valence-electron chi connectivity index (χ4n) is 7.70. The quantitative estimate of drug-likeness (QED) is 0.696. The predicted molar refractivity (Wildman–Crippen MR) is 114 cm³/mol. The zero-order valence-corrected chi connectivity index (χ0v) is 19.7. The van der Waals surface area contributed by atoms with Gasteiger partial charge in [0.1, 0.15) is 0 Å². The highest BCUT2D eigenvalue weighted by Crippen LogP contribution is 2.60. The number of aliphatic hydroxyl groups excluding tert-OH is 1. The molecule has 2 saturated carbocycles. The maximum Gasteiger partial charge on any atom is 0.170 e. The molecular weight excluding hydrogens is 364 g/mol. The second-order valence-corrected chi connectivity index (χ2v) is 12.4. The molecule has 4 rings (SSSR count). The van der Waals surface area contributed by atoms with E-state index in [1.54, 1.807) is 0 Å². The van der Waals surface area contributed by atoms with Crippen molar-refractivity contribution in [1.82, 2.24) is 0 Å². The summed E-state index contributed by atoms with van der Waals surface area (Å²) in [6.07, 6.45) is 7.06. The Hall–Kier alpha value is -0.160. The number of rotatable bonds is 2. The summed E-state index contributed by atoms with van der Waals surface area (Å²) in [5.74, 6) is 2.02. The molecular formula is C25H44O4. The highest BCUT2D eigenvalue weighted by atomic mass is 16.7. The summed E-state index contributed by atoms with van der Waals surface area (Å²) in [5, 5.41) is 9.85. The van der Waals surface area contributed by atoms with E-state index in [0.29, 0.717) is 42.3 Å². The van der Waals surface area contributed by atoms with Gasteiger partial charge < -0.3 is 19.3 Å². The van der Waals surface area contributed by atoms with Crippen LogP contribution < -0.4 is 0 Å². The Kier molecular flexibility index (Phi) is 5.67. The molecule has 4 fully saturated rings. The number of methoxy groups -OCH3 is 1. The van der Waals surface area contributed by atoms with Gasteiger partial charge in [-0.15, -0.1) is 0 Å². The standard InChI is InChI=1S/C25H44O4/c1-15-8-21-18(10-17(15)12-26)23(3,4)13-25(28-21)14-24(5,6)19-11-20(27-7)16(2)9-22(19)29-25/h15-22,26H,8-14H2,1-7H3. The normalized spacial score (nSPS) is 51.3. The summed E-state index contributed by atoms with van der Waals surface area (Å²) in [6, 6.07) is 0. The monoisotopic (exact) mass is 408 g/mol. The van der Waals surface area contributed by atoms with Crippen LogP contribution >= 0.6 is 0 Å². The molecule has 0 radical (unpaired) electrons. The molecule has 9 atom stereocenters. The first-order valence-corrected chi connectivity index (χ1v) is 12.0. The molecule has 0 aromatic rings. The molecule has 29 heavy (non-hydrogen) atoms. The van der Waals surface area contributed by atoms with Crippen molar-refractivity contribution < 1.29 is 19.3 Å². The number of hydrogen-bond acceptors (Lipinski definition) is 4. The summed E-state index contributed by atoms with van der Waals surface area (Å²) in [6.45, 7) is 14.6. The maximum absolute atomic E-state index is 9.85. The molecule has 0 aromatic heterocycles. The fourth-order valence-corrected chi connectivity index (χ4v) is 7.70. The van der Waals surface area contributed by atoms with Gasteiger partial charge in [0, 0.05) is 26.6 Å². The van der Waals surface area contributed by atoms with Crippen LogP contribution in [0.5, 0.6) is 0 Å². The predicted octanol–water partition coefficient (Wildman–Crippen LogP) is 5.03. The van der Waals surface area contributed by atoms with E-state index in [0.717, 1.165) is 38.5 Å². The van der Waals surface area contributed by atoms with Crippen molar-refractivity contribution in [3.05, 3.63) is 0 Å². The molecule has 1 N–H and O–H groups in total. The Bertz CT molecular complexity index is 548. The lowest BCUT2D eigenvalue weighted by molar-refractivity contribution is -0.381. The van der Waals surface area contributed by atoms with E-state index < -0.39 is 5.79 Å². The minimum atomic E-state index is -0.458. The van der Waals surface area contributed by atoms with Gasteiger partial charge in [-0.2, -0.15) is 0 Å².